The van der Waals surface area contributed by atoms with Crippen LogP contribution in [0.25, 0.3) is 33.9 Å². The van der Waals surface area contributed by atoms with Crippen LogP contribution >= 0.6 is 0 Å². The first kappa shape index (κ1) is 26.0. The second-order valence-corrected chi connectivity index (χ2v) is 9.68. The number of benzene rings is 2. The van der Waals surface area contributed by atoms with Crippen molar-refractivity contribution in [3.05, 3.63) is 82.9 Å². The largest absolute Gasteiger partial charge is 0.434 e. The van der Waals surface area contributed by atoms with Crippen molar-refractivity contribution < 1.29 is 13.2 Å². The Morgan fingerprint density at radius 1 is 1.00 bits per heavy atom. The van der Waals surface area contributed by atoms with Crippen molar-refractivity contribution in [3.8, 4) is 35.1 Å². The average Bonchev–Trinajstić information content (AvgIpc) is 3.42. The van der Waals surface area contributed by atoms with Gasteiger partial charge < -0.3 is 9.13 Å². The van der Waals surface area contributed by atoms with Crippen LogP contribution in [-0.4, -0.2) is 28.7 Å². The number of aryl methyl sites for hydroxylation is 2. The first-order valence-electron chi connectivity index (χ1n) is 12.3. The van der Waals surface area contributed by atoms with Gasteiger partial charge in [-0.3, -0.25) is 9.98 Å². The molecule has 0 radical (unpaired) electrons. The van der Waals surface area contributed by atoms with Crippen LogP contribution in [0.5, 0.6) is 0 Å². The summed E-state index contributed by atoms with van der Waals surface area (Å²) in [7, 11) is 3.27. The molecule has 7 nitrogen and oxygen atoms in total. The second-order valence-electron chi connectivity index (χ2n) is 9.68. The molecule has 0 aliphatic rings. The highest BCUT2D eigenvalue weighted by Gasteiger charge is 2.34. The molecule has 39 heavy (non-hydrogen) atoms. The van der Waals surface area contributed by atoms with Crippen molar-refractivity contribution in [1.29, 1.82) is 5.41 Å². The van der Waals surface area contributed by atoms with Gasteiger partial charge in [0.25, 0.3) is 0 Å². The molecule has 0 unspecified atom stereocenters. The number of nitrogens with zero attached hydrogens (tertiary/aromatic N) is 6. The van der Waals surface area contributed by atoms with Gasteiger partial charge in [0.05, 0.1) is 6.54 Å². The molecule has 0 bridgehead atoms. The van der Waals surface area contributed by atoms with Gasteiger partial charge in [-0.15, -0.1) is 6.42 Å². The van der Waals surface area contributed by atoms with Gasteiger partial charge in [-0.1, -0.05) is 62.4 Å². The van der Waals surface area contributed by atoms with E-state index in [1.807, 2.05) is 24.3 Å². The molecule has 5 rings (SSSR count). The molecule has 0 aliphatic carbocycles. The molecule has 5 aromatic rings. The molecule has 0 amide bonds. The third-order valence-corrected chi connectivity index (χ3v) is 6.71. The maximum absolute atomic E-state index is 13.1. The highest BCUT2D eigenvalue weighted by Crippen LogP contribution is 2.31. The number of hydrogen-bond donors (Lipinski definition) is 1. The van der Waals surface area contributed by atoms with E-state index in [0.717, 1.165) is 22.9 Å². The molecule has 0 spiro atoms. The normalized spacial score (nSPS) is 11.9. The van der Waals surface area contributed by atoms with Crippen molar-refractivity contribution in [1.82, 2.24) is 28.7 Å². The molecule has 2 aromatic carbocycles. The van der Waals surface area contributed by atoms with Gasteiger partial charge in [-0.2, -0.15) is 13.2 Å². The van der Waals surface area contributed by atoms with E-state index in [4.69, 9.17) is 16.8 Å². The van der Waals surface area contributed by atoms with E-state index < -0.39 is 11.9 Å². The fourth-order valence-corrected chi connectivity index (χ4v) is 4.72. The van der Waals surface area contributed by atoms with E-state index in [2.05, 4.69) is 29.7 Å². The van der Waals surface area contributed by atoms with Crippen LogP contribution < -0.4 is 5.62 Å². The Kier molecular flexibility index (Phi) is 6.38. The quantitative estimate of drug-likeness (QED) is 0.306. The van der Waals surface area contributed by atoms with Crippen LogP contribution in [-0.2, 0) is 26.8 Å². The summed E-state index contributed by atoms with van der Waals surface area (Å²) in [6.45, 7) is 4.50. The Balaban J connectivity index is 1.58. The minimum absolute atomic E-state index is 0.188. The van der Waals surface area contributed by atoms with Gasteiger partial charge in [-0.25, -0.2) is 15.0 Å². The molecule has 198 valence electrons. The molecule has 0 fully saturated rings. The van der Waals surface area contributed by atoms with Gasteiger partial charge in [0.1, 0.15) is 17.0 Å². The first-order valence-corrected chi connectivity index (χ1v) is 12.3. The van der Waals surface area contributed by atoms with Crippen LogP contribution in [0.2, 0.25) is 0 Å². The van der Waals surface area contributed by atoms with Gasteiger partial charge >= 0.3 is 6.18 Å². The third-order valence-electron chi connectivity index (χ3n) is 6.71. The van der Waals surface area contributed by atoms with E-state index in [9.17, 15) is 13.2 Å². The zero-order valence-corrected chi connectivity index (χ0v) is 21.9. The number of alkyl halides is 3. The number of aromatic nitrogens is 6. The van der Waals surface area contributed by atoms with Crippen LogP contribution in [0.4, 0.5) is 13.2 Å². The lowest BCUT2D eigenvalue weighted by molar-refractivity contribution is -0.140. The smallest absolute Gasteiger partial charge is 0.333 e. The van der Waals surface area contributed by atoms with E-state index in [1.54, 1.807) is 40.4 Å². The summed E-state index contributed by atoms with van der Waals surface area (Å²) in [6.07, 6.45) is 2.31. The molecule has 0 saturated heterocycles. The maximum Gasteiger partial charge on any atom is 0.434 e. The molecule has 10 heteroatoms. The van der Waals surface area contributed by atoms with Crippen LogP contribution in [0, 0.1) is 17.8 Å². The van der Waals surface area contributed by atoms with Crippen molar-refractivity contribution in [3.63, 3.8) is 0 Å². The first-order chi connectivity index (χ1) is 18.5. The van der Waals surface area contributed by atoms with Crippen LogP contribution in [0.1, 0.15) is 42.3 Å². The predicted molar refractivity (Wildman–Crippen MR) is 143 cm³/mol. The lowest BCUT2D eigenvalue weighted by Crippen LogP contribution is -2.23. The summed E-state index contributed by atoms with van der Waals surface area (Å²) in [5, 5.41) is 8.77. The molecule has 3 aromatic heterocycles. The number of terminal acetylenes is 1. The Morgan fingerprint density at radius 2 is 1.69 bits per heavy atom. The van der Waals surface area contributed by atoms with E-state index in [-0.39, 0.29) is 17.4 Å². The fraction of sp³-hybridized carbons (Fsp3) is 0.241. The lowest BCUT2D eigenvalue weighted by Gasteiger charge is -2.12. The number of nitrogens with one attached hydrogen (secondary N) is 1. The van der Waals surface area contributed by atoms with Crippen LogP contribution in [0.3, 0.4) is 0 Å². The number of imidazole rings is 2. The third kappa shape index (κ3) is 4.61. The molecule has 0 atom stereocenters. The highest BCUT2D eigenvalue weighted by atomic mass is 19.4. The number of halogens is 3. The van der Waals surface area contributed by atoms with Gasteiger partial charge in [-0.05, 0) is 23.0 Å². The number of fused-ring (bicyclic) bond motifs is 1. The van der Waals surface area contributed by atoms with E-state index >= 15 is 0 Å². The SMILES string of the molecule is C#Cc1nc(-c2ccccc2C(C)C)nc2c1n(C)c(=N)n2Cc1ccc(-c2nc(C(F)(F)F)cn2C)cc1. The average molecular weight is 530 g/mol. The molecule has 0 saturated carbocycles. The highest BCUT2D eigenvalue weighted by molar-refractivity contribution is 5.80. The molecule has 3 heterocycles. The fourth-order valence-electron chi connectivity index (χ4n) is 4.72. The van der Waals surface area contributed by atoms with E-state index in [1.165, 1.54) is 11.6 Å². The van der Waals surface area contributed by atoms with Crippen LogP contribution in [0.15, 0.2) is 54.7 Å². The minimum Gasteiger partial charge on any atom is -0.333 e. The lowest BCUT2D eigenvalue weighted by atomic mass is 9.97. The molecule has 1 N–H and O–H groups in total. The molecular formula is C29H26F3N7. The number of rotatable bonds is 5. The summed E-state index contributed by atoms with van der Waals surface area (Å²) in [5.74, 6) is 3.61. The summed E-state index contributed by atoms with van der Waals surface area (Å²) in [5.41, 5.74) is 4.11. The Bertz CT molecular complexity index is 1800. The summed E-state index contributed by atoms with van der Waals surface area (Å²) >= 11 is 0. The Hall–Kier alpha value is -4.65. The van der Waals surface area contributed by atoms with E-state index in [0.29, 0.717) is 34.8 Å². The van der Waals surface area contributed by atoms with Gasteiger partial charge in [0, 0.05) is 31.4 Å². The maximum atomic E-state index is 13.1. The summed E-state index contributed by atoms with van der Waals surface area (Å²) in [6, 6.07) is 15.0. The monoisotopic (exact) mass is 529 g/mol. The topological polar surface area (TPSA) is 77.3 Å². The molecule has 0 aliphatic heterocycles. The van der Waals surface area contributed by atoms with Gasteiger partial charge in [0.15, 0.2) is 17.2 Å². The summed E-state index contributed by atoms with van der Waals surface area (Å²) in [4.78, 5) is 13.3. The minimum atomic E-state index is -4.51. The van der Waals surface area contributed by atoms with Crippen molar-refractivity contribution >= 4 is 11.2 Å². The standard InChI is InChI=1S/C29H26F3N7/c1-6-22-24-27(36-25(34-22)21-10-8-7-9-20(21)17(2)3)39(28(33)38(24)5)15-18-11-13-19(14-12-18)26-35-23(16-37(26)4)29(30,31)32/h1,7-14,16-17,33H,15H2,2-5H3. The van der Waals surface area contributed by atoms with Crippen molar-refractivity contribution in [2.45, 2.75) is 32.5 Å². The molecular weight excluding hydrogens is 503 g/mol. The predicted octanol–water partition coefficient (Wildman–Crippen LogP) is 5.49. The van der Waals surface area contributed by atoms with Crippen molar-refractivity contribution in [2.24, 2.45) is 14.1 Å². The second kappa shape index (κ2) is 9.58. The Morgan fingerprint density at radius 3 is 2.31 bits per heavy atom. The zero-order chi connectivity index (χ0) is 28.1. The Labute approximate surface area is 223 Å². The zero-order valence-electron chi connectivity index (χ0n) is 21.9. The van der Waals surface area contributed by atoms with Gasteiger partial charge in [0.2, 0.25) is 5.62 Å². The van der Waals surface area contributed by atoms with Crippen molar-refractivity contribution in [2.75, 3.05) is 0 Å². The number of hydrogen-bond acceptors (Lipinski definition) is 4. The summed E-state index contributed by atoms with van der Waals surface area (Å²) < 4.78 is 44.1.